The molecule has 3 aromatic rings. The van der Waals surface area contributed by atoms with E-state index < -0.39 is 40.8 Å². The number of rotatable bonds is 4. The topological polar surface area (TPSA) is 105 Å². The minimum absolute atomic E-state index is 0.00218. The molecule has 0 unspecified atom stereocenters. The van der Waals surface area contributed by atoms with E-state index in [1.807, 2.05) is 0 Å². The van der Waals surface area contributed by atoms with E-state index >= 15 is 0 Å². The summed E-state index contributed by atoms with van der Waals surface area (Å²) in [7, 11) is 0. The van der Waals surface area contributed by atoms with Crippen molar-refractivity contribution in [2.75, 3.05) is 37.6 Å². The third-order valence-corrected chi connectivity index (χ3v) is 7.51. The van der Waals surface area contributed by atoms with Crippen LogP contribution in [-0.2, 0) is 15.8 Å². The van der Waals surface area contributed by atoms with Crippen LogP contribution >= 0.6 is 0 Å². The molecule has 3 saturated heterocycles. The van der Waals surface area contributed by atoms with Gasteiger partial charge >= 0.3 is 11.9 Å². The van der Waals surface area contributed by atoms with Gasteiger partial charge < -0.3 is 15.1 Å². The number of fused-ring (bicyclic) bond motifs is 1. The molecule has 3 fully saturated rings. The number of carbonyl (C=O) groups excluding carboxylic acids is 2. The largest absolute Gasteiger partial charge is 0.433 e. The van der Waals surface area contributed by atoms with E-state index in [2.05, 4.69) is 21.9 Å². The van der Waals surface area contributed by atoms with Crippen LogP contribution in [0.4, 0.5) is 23.2 Å². The zero-order chi connectivity index (χ0) is 27.0. The molecule has 3 aliphatic rings. The molecular weight excluding hydrogens is 510 g/mol. The smallest absolute Gasteiger partial charge is 0.332 e. The first-order valence-corrected chi connectivity index (χ1v) is 11.8. The fraction of sp³-hybridized carbons (Fsp3) is 0.375. The maximum Gasteiger partial charge on any atom is 0.433 e. The van der Waals surface area contributed by atoms with E-state index in [4.69, 9.17) is 0 Å². The molecule has 0 radical (unpaired) electrons. The highest BCUT2D eigenvalue weighted by Crippen LogP contribution is 2.41. The lowest BCUT2D eigenvalue weighted by Gasteiger charge is -2.39. The van der Waals surface area contributed by atoms with Crippen molar-refractivity contribution in [3.63, 3.8) is 0 Å². The Morgan fingerprint density at radius 1 is 1.13 bits per heavy atom. The first-order valence-electron chi connectivity index (χ1n) is 11.8. The van der Waals surface area contributed by atoms with Crippen LogP contribution in [0.25, 0.3) is 16.9 Å². The summed E-state index contributed by atoms with van der Waals surface area (Å²) in [4.78, 5) is 49.8. The molecule has 38 heavy (non-hydrogen) atoms. The number of carbonyl (C=O) groups is 2. The zero-order valence-corrected chi connectivity index (χ0v) is 19.8. The second kappa shape index (κ2) is 8.21. The van der Waals surface area contributed by atoms with Gasteiger partial charge in [0.05, 0.1) is 29.0 Å². The van der Waals surface area contributed by atoms with Gasteiger partial charge in [0.25, 0.3) is 5.91 Å². The van der Waals surface area contributed by atoms with E-state index in [1.165, 1.54) is 15.7 Å². The van der Waals surface area contributed by atoms with Gasteiger partial charge in [-0.25, -0.2) is 23.7 Å². The van der Waals surface area contributed by atoms with Gasteiger partial charge in [-0.05, 0) is 24.6 Å². The van der Waals surface area contributed by atoms with Crippen LogP contribution < -0.4 is 15.9 Å². The Hall–Kier alpha value is -4.07. The van der Waals surface area contributed by atoms with Crippen molar-refractivity contribution in [2.24, 2.45) is 5.41 Å². The van der Waals surface area contributed by atoms with Gasteiger partial charge in [0.2, 0.25) is 5.91 Å². The lowest BCUT2D eigenvalue weighted by atomic mass is 9.80. The van der Waals surface area contributed by atoms with Gasteiger partial charge in [-0.1, -0.05) is 6.58 Å². The predicted octanol–water partition coefficient (Wildman–Crippen LogP) is 1.79. The van der Waals surface area contributed by atoms with Crippen LogP contribution in [0.1, 0.15) is 18.2 Å². The number of hydrogen-bond donors (Lipinski definition) is 1. The molecule has 198 valence electrons. The molecule has 6 heterocycles. The average Bonchev–Trinajstić information content (AvgIpc) is 3.32. The Labute approximate surface area is 212 Å². The molecule has 14 heteroatoms. The summed E-state index contributed by atoms with van der Waals surface area (Å²) < 4.78 is 55.1. The number of nitrogens with zero attached hydrogens (tertiary/aromatic N) is 6. The summed E-state index contributed by atoms with van der Waals surface area (Å²) in [6.07, 6.45) is -1.67. The van der Waals surface area contributed by atoms with Crippen LogP contribution in [-0.4, -0.2) is 68.5 Å². The number of halogens is 4. The molecule has 3 aromatic heterocycles. The van der Waals surface area contributed by atoms with Crippen molar-refractivity contribution in [1.82, 2.24) is 29.3 Å². The highest BCUT2D eigenvalue weighted by molar-refractivity contribution is 6.06. The molecule has 0 aliphatic carbocycles. The molecule has 0 bridgehead atoms. The maximum absolute atomic E-state index is 13.8. The molecule has 1 N–H and O–H groups in total. The SMILES string of the molecule is C=C(F)C(=O)N1CC(n2c(=O)n(-c3ccc(C(F)(F)F)nc3)c3nccc(N4CCC5(CNC5)C4=O)c32)C1. The standard InChI is InChI=1S/C24H21F4N7O3/c1-13(25)20(36)32-9-15(10-32)34-18-16(33-7-5-23(21(33)37)11-29-12-23)4-6-30-19(18)35(22(34)38)14-2-3-17(31-8-14)24(26,27)28/h2-4,6,8,15,29H,1,5,7,9-12H2. The number of aromatic nitrogens is 4. The van der Waals surface area contributed by atoms with Crippen LogP contribution in [0.2, 0.25) is 0 Å². The van der Waals surface area contributed by atoms with Gasteiger partial charge in [0.15, 0.2) is 11.5 Å². The summed E-state index contributed by atoms with van der Waals surface area (Å²) in [6, 6.07) is 2.91. The highest BCUT2D eigenvalue weighted by Gasteiger charge is 2.52. The monoisotopic (exact) mass is 531 g/mol. The molecule has 0 atom stereocenters. The van der Waals surface area contributed by atoms with Gasteiger partial charge in [-0.2, -0.15) is 13.2 Å². The maximum atomic E-state index is 13.8. The minimum atomic E-state index is -4.66. The van der Waals surface area contributed by atoms with Gasteiger partial charge in [-0.15, -0.1) is 0 Å². The number of pyridine rings is 2. The van der Waals surface area contributed by atoms with Crippen LogP contribution in [0.3, 0.4) is 0 Å². The molecule has 10 nitrogen and oxygen atoms in total. The number of alkyl halides is 3. The van der Waals surface area contributed by atoms with Crippen molar-refractivity contribution < 1.29 is 27.2 Å². The molecular formula is C24H21F4N7O3. The Kier molecular flexibility index (Phi) is 5.25. The van der Waals surface area contributed by atoms with E-state index in [-0.39, 0.29) is 30.3 Å². The summed E-state index contributed by atoms with van der Waals surface area (Å²) in [6.45, 7) is 4.54. The number of nitrogens with one attached hydrogen (secondary N) is 1. The summed E-state index contributed by atoms with van der Waals surface area (Å²) in [5.74, 6) is -2.11. The fourth-order valence-corrected chi connectivity index (χ4v) is 5.36. The van der Waals surface area contributed by atoms with Crippen LogP contribution in [0.15, 0.2) is 47.8 Å². The first kappa shape index (κ1) is 24.3. The molecule has 0 aromatic carbocycles. The van der Waals surface area contributed by atoms with Crippen molar-refractivity contribution in [2.45, 2.75) is 18.6 Å². The van der Waals surface area contributed by atoms with E-state index in [0.717, 1.165) is 22.9 Å². The summed E-state index contributed by atoms with van der Waals surface area (Å²) >= 11 is 0. The van der Waals surface area contributed by atoms with Gasteiger partial charge in [-0.3, -0.25) is 14.2 Å². The third-order valence-electron chi connectivity index (χ3n) is 7.51. The average molecular weight is 531 g/mol. The first-order chi connectivity index (χ1) is 18.0. The van der Waals surface area contributed by atoms with Crippen molar-refractivity contribution in [3.8, 4) is 5.69 Å². The third kappa shape index (κ3) is 3.46. The zero-order valence-electron chi connectivity index (χ0n) is 19.8. The lowest BCUT2D eigenvalue weighted by molar-refractivity contribution is -0.141. The lowest BCUT2D eigenvalue weighted by Crippen LogP contribution is -2.57. The van der Waals surface area contributed by atoms with E-state index in [1.54, 1.807) is 11.0 Å². The summed E-state index contributed by atoms with van der Waals surface area (Å²) in [5.41, 5.74) is -1.37. The molecule has 0 saturated carbocycles. The van der Waals surface area contributed by atoms with Crippen LogP contribution in [0, 0.1) is 5.41 Å². The molecule has 6 rings (SSSR count). The molecule has 2 amide bonds. The number of anilines is 1. The number of imidazole rings is 1. The fourth-order valence-electron chi connectivity index (χ4n) is 5.36. The molecule has 3 aliphatic heterocycles. The van der Waals surface area contributed by atoms with Crippen LogP contribution in [0.5, 0.6) is 0 Å². The number of hydrogen-bond acceptors (Lipinski definition) is 6. The highest BCUT2D eigenvalue weighted by atomic mass is 19.4. The van der Waals surface area contributed by atoms with Crippen molar-refractivity contribution in [3.05, 3.63) is 59.2 Å². The Bertz CT molecular complexity index is 1550. The Morgan fingerprint density at radius 3 is 2.42 bits per heavy atom. The van der Waals surface area contributed by atoms with E-state index in [0.29, 0.717) is 37.3 Å². The Balaban J connectivity index is 1.50. The van der Waals surface area contributed by atoms with Gasteiger partial charge in [0.1, 0.15) is 11.2 Å². The van der Waals surface area contributed by atoms with Crippen molar-refractivity contribution in [1.29, 1.82) is 0 Å². The molecule has 1 spiro atoms. The van der Waals surface area contributed by atoms with E-state index in [9.17, 15) is 31.9 Å². The number of likely N-dealkylation sites (tertiary alicyclic amines) is 1. The number of amides is 2. The second-order valence-electron chi connectivity index (χ2n) is 9.75. The second-order valence-corrected chi connectivity index (χ2v) is 9.75. The summed E-state index contributed by atoms with van der Waals surface area (Å²) in [5, 5.41) is 3.12. The minimum Gasteiger partial charge on any atom is -0.332 e. The quantitative estimate of drug-likeness (QED) is 0.407. The normalized spacial score (nSPS) is 19.2. The predicted molar refractivity (Wildman–Crippen MR) is 126 cm³/mol. The Morgan fingerprint density at radius 2 is 1.87 bits per heavy atom. The van der Waals surface area contributed by atoms with Gasteiger partial charge in [0, 0.05) is 38.9 Å². The van der Waals surface area contributed by atoms with Crippen molar-refractivity contribution >= 4 is 28.7 Å².